The summed E-state index contributed by atoms with van der Waals surface area (Å²) in [6.45, 7) is 9.60. The van der Waals surface area contributed by atoms with Crippen LogP contribution in [-0.4, -0.2) is 143 Å². The van der Waals surface area contributed by atoms with E-state index in [1.54, 1.807) is 13.3 Å². The topological polar surface area (TPSA) is 183 Å². The molecule has 6 aliphatic heterocycles. The molecule has 0 aliphatic carbocycles. The van der Waals surface area contributed by atoms with Gasteiger partial charge in [0, 0.05) is 145 Å². The van der Waals surface area contributed by atoms with Crippen LogP contribution < -0.4 is 20.9 Å². The zero-order chi connectivity index (χ0) is 62.2. The number of aryl methyl sites for hydroxylation is 2. The number of aromatic nitrogens is 9. The van der Waals surface area contributed by atoms with Crippen LogP contribution in [0.5, 0.6) is 0 Å². The summed E-state index contributed by atoms with van der Waals surface area (Å²) in [4.78, 5) is 65.5. The van der Waals surface area contributed by atoms with Gasteiger partial charge >= 0.3 is 0 Å². The maximum absolute atomic E-state index is 12.9. The van der Waals surface area contributed by atoms with E-state index in [0.717, 1.165) is 199 Å². The van der Waals surface area contributed by atoms with E-state index in [-0.39, 0.29) is 66.0 Å². The Kier molecular flexibility index (Phi) is 16.2. The highest BCUT2D eigenvalue weighted by Crippen LogP contribution is 2.42. The van der Waals surface area contributed by atoms with Gasteiger partial charge in [-0.2, -0.15) is 0 Å². The third-order valence-corrected chi connectivity index (χ3v) is 21.3. The number of imidazole rings is 3. The van der Waals surface area contributed by atoms with Crippen molar-refractivity contribution in [2.45, 2.75) is 145 Å². The SMILES string of the molecule is CO[C@H]1C[C@@H](c2ncccc2Cl)N[C@@H](c2cn3c(N4CCN(C)CC4)cc(-c4cnc([C@@H]5CCC[C@H](c6cn7c(C8CCC(=O)N(C)C8)cc(-c8cnc([C@@H]9CCC[C@H](c%10cn%11c(C%12CCN(C)C(=O)C%12)cccc%11n%10)N9)c(C)c8)cc7n6)N5)c(C)c4)cc3n2)C1. The molecule has 2 amide bonds. The molecule has 91 heavy (non-hydrogen) atoms. The highest BCUT2D eigenvalue weighted by atomic mass is 35.5. The quantitative estimate of drug-likeness (QED) is 0.105. The Balaban J connectivity index is 0.686. The van der Waals surface area contributed by atoms with Gasteiger partial charge in [0.25, 0.3) is 0 Å². The summed E-state index contributed by atoms with van der Waals surface area (Å²) in [5, 5.41) is 12.5. The van der Waals surface area contributed by atoms with E-state index >= 15 is 0 Å². The first-order valence-electron chi connectivity index (χ1n) is 33.1. The minimum absolute atomic E-state index is 0.0196. The zero-order valence-corrected chi connectivity index (χ0v) is 53.9. The molecule has 6 saturated heterocycles. The fourth-order valence-corrected chi connectivity index (χ4v) is 16.0. The van der Waals surface area contributed by atoms with Crippen molar-refractivity contribution in [1.82, 2.24) is 73.8 Å². The molecule has 20 heteroatoms. The third kappa shape index (κ3) is 11.7. The van der Waals surface area contributed by atoms with Crippen LogP contribution in [0.1, 0.15) is 182 Å². The summed E-state index contributed by atoms with van der Waals surface area (Å²) < 4.78 is 12.8. The van der Waals surface area contributed by atoms with E-state index < -0.39 is 0 Å². The molecule has 2 unspecified atom stereocenters. The normalized spacial score (nSPS) is 25.6. The molecule has 15 rings (SSSR count). The van der Waals surface area contributed by atoms with Gasteiger partial charge < -0.3 is 49.1 Å². The summed E-state index contributed by atoms with van der Waals surface area (Å²) in [7, 11) is 7.81. The van der Waals surface area contributed by atoms with Gasteiger partial charge in [-0.05, 0) is 168 Å². The number of amides is 2. The molecular weight excluding hydrogens is 1160 g/mol. The fourth-order valence-electron chi connectivity index (χ4n) is 15.7. The lowest BCUT2D eigenvalue weighted by molar-refractivity contribution is -0.133. The largest absolute Gasteiger partial charge is 0.381 e. The average Bonchev–Trinajstić information content (AvgIpc) is 1.72. The van der Waals surface area contributed by atoms with Gasteiger partial charge in [-0.1, -0.05) is 17.7 Å². The number of carbonyl (C=O) groups excluding carboxylic acids is 2. The smallest absolute Gasteiger partial charge is 0.222 e. The van der Waals surface area contributed by atoms with E-state index in [9.17, 15) is 9.59 Å². The van der Waals surface area contributed by atoms with Crippen molar-refractivity contribution >= 4 is 46.2 Å². The van der Waals surface area contributed by atoms with E-state index in [1.807, 2.05) is 42.2 Å². The maximum atomic E-state index is 12.9. The number of nitrogens with zero attached hydrogens (tertiary/aromatic N) is 13. The van der Waals surface area contributed by atoms with E-state index in [0.29, 0.717) is 24.4 Å². The Hall–Kier alpha value is -7.65. The zero-order valence-electron chi connectivity index (χ0n) is 53.2. The van der Waals surface area contributed by atoms with Crippen molar-refractivity contribution in [3.8, 4) is 22.3 Å². The van der Waals surface area contributed by atoms with Crippen molar-refractivity contribution in [1.29, 1.82) is 0 Å². The molecule has 19 nitrogen and oxygen atoms in total. The third-order valence-electron chi connectivity index (χ3n) is 20.9. The number of ether oxygens (including phenoxy) is 1. The molecular formula is C71H83ClN16O3. The molecule has 0 radical (unpaired) electrons. The van der Waals surface area contributed by atoms with Gasteiger partial charge in [0.05, 0.1) is 81.5 Å². The van der Waals surface area contributed by atoms with Crippen molar-refractivity contribution < 1.29 is 14.3 Å². The van der Waals surface area contributed by atoms with Gasteiger partial charge in [-0.25, -0.2) is 15.0 Å². The molecule has 0 bridgehead atoms. The van der Waals surface area contributed by atoms with Crippen LogP contribution in [0, 0.1) is 13.8 Å². The number of rotatable bonds is 12. The highest BCUT2D eigenvalue weighted by Gasteiger charge is 2.36. The molecule has 0 aromatic carbocycles. The molecule has 0 spiro atoms. The molecule has 3 N–H and O–H groups in total. The minimum atomic E-state index is -0.0732. The standard InChI is InChI=1S/C71H83ClN16O3/c1-42-27-48(36-74-69(42)54-14-7-12-52(76-54)58-39-86-61(16-9-17-63(86)79-58)44-20-22-83(4)68(90)33-44)46-29-62(45-18-19-67(89)84(5)38-45)87-40-59(80-64(87)30-46)53-13-8-15-55(77-53)70-43(2)28-49(37-75-70)47-31-65-81-60(41-88(65)66(32-47)85-25-23-82(3)24-26-85)56-34-50(91-6)35-57(78-56)71-51(72)11-10-21-73-71/h9-11,16-17,21,27-32,36-37,39-41,44-45,50,52-57,76-78H,7-8,12-15,18-20,22-26,33-35,38H2,1-6H3/t44?,45?,50-,52-,53-,54+,55+,56-,57+/m1/s1. The Morgan fingerprint density at radius 2 is 1.14 bits per heavy atom. The summed E-state index contributed by atoms with van der Waals surface area (Å²) in [5.41, 5.74) is 17.6. The lowest BCUT2D eigenvalue weighted by Crippen LogP contribution is -2.45. The van der Waals surface area contributed by atoms with Crippen LogP contribution in [0.3, 0.4) is 0 Å². The van der Waals surface area contributed by atoms with Crippen LogP contribution in [-0.2, 0) is 14.3 Å². The van der Waals surface area contributed by atoms with Gasteiger partial charge in [-0.3, -0.25) is 28.9 Å². The Morgan fingerprint density at radius 1 is 0.538 bits per heavy atom. The molecule has 9 aromatic rings. The number of methoxy groups -OCH3 is 1. The Labute approximate surface area is 537 Å². The van der Waals surface area contributed by atoms with Gasteiger partial charge in [0.15, 0.2) is 0 Å². The molecule has 9 aromatic heterocycles. The predicted octanol–water partition coefficient (Wildman–Crippen LogP) is 11.1. The lowest BCUT2D eigenvalue weighted by Gasteiger charge is -2.35. The summed E-state index contributed by atoms with van der Waals surface area (Å²) in [6, 6.07) is 23.8. The molecule has 15 heterocycles. The van der Waals surface area contributed by atoms with Crippen molar-refractivity contribution in [2.75, 3.05) is 72.4 Å². The minimum Gasteiger partial charge on any atom is -0.381 e. The molecule has 6 fully saturated rings. The maximum Gasteiger partial charge on any atom is 0.222 e. The highest BCUT2D eigenvalue weighted by molar-refractivity contribution is 6.31. The number of pyridine rings is 6. The second kappa shape index (κ2) is 24.8. The van der Waals surface area contributed by atoms with Crippen LogP contribution in [0.4, 0.5) is 5.82 Å². The number of likely N-dealkylation sites (tertiary alicyclic amines) is 2. The molecule has 9 atom stereocenters. The van der Waals surface area contributed by atoms with E-state index in [2.05, 4.69) is 144 Å². The van der Waals surface area contributed by atoms with E-state index in [4.69, 9.17) is 41.3 Å². The Bertz CT molecular complexity index is 4230. The average molecular weight is 1240 g/mol. The van der Waals surface area contributed by atoms with Gasteiger partial charge in [0.1, 0.15) is 22.8 Å². The number of anilines is 1. The van der Waals surface area contributed by atoms with Crippen LogP contribution in [0.15, 0.2) is 104 Å². The number of piperidine rings is 5. The number of likely N-dealkylation sites (N-methyl/N-ethyl adjacent to an activating group) is 2. The lowest BCUT2D eigenvalue weighted by atomic mass is 9.91. The summed E-state index contributed by atoms with van der Waals surface area (Å²) >= 11 is 6.72. The number of halogens is 1. The van der Waals surface area contributed by atoms with Crippen LogP contribution in [0.2, 0.25) is 5.02 Å². The monoisotopic (exact) mass is 1240 g/mol. The van der Waals surface area contributed by atoms with Crippen molar-refractivity contribution in [3.05, 3.63) is 166 Å². The number of piperazine rings is 1. The number of hydrogen-bond acceptors (Lipinski definition) is 14. The second-order valence-corrected chi connectivity index (χ2v) is 27.3. The van der Waals surface area contributed by atoms with E-state index in [1.165, 1.54) is 0 Å². The van der Waals surface area contributed by atoms with Gasteiger partial charge in [0.2, 0.25) is 11.8 Å². The first-order valence-corrected chi connectivity index (χ1v) is 33.4. The predicted molar refractivity (Wildman–Crippen MR) is 353 cm³/mol. The number of hydrogen-bond donors (Lipinski definition) is 3. The second-order valence-electron chi connectivity index (χ2n) is 26.9. The number of nitrogens with one attached hydrogen (secondary N) is 3. The number of carbonyl (C=O) groups is 2. The van der Waals surface area contributed by atoms with Crippen molar-refractivity contribution in [2.24, 2.45) is 0 Å². The van der Waals surface area contributed by atoms with Gasteiger partial charge in [-0.15, -0.1) is 0 Å². The number of fused-ring (bicyclic) bond motifs is 3. The fraction of sp³-hybridized carbons (Fsp3) is 0.465. The van der Waals surface area contributed by atoms with Crippen molar-refractivity contribution in [3.63, 3.8) is 0 Å². The first-order chi connectivity index (χ1) is 44.2. The summed E-state index contributed by atoms with van der Waals surface area (Å²) in [6.07, 6.45) is 22.9. The summed E-state index contributed by atoms with van der Waals surface area (Å²) in [5.74, 6) is 1.83. The van der Waals surface area contributed by atoms with Crippen LogP contribution in [0.25, 0.3) is 39.2 Å². The molecule has 0 saturated carbocycles. The first kappa shape index (κ1) is 59.6. The molecule has 472 valence electrons. The molecule has 6 aliphatic rings. The Morgan fingerprint density at radius 3 is 1.79 bits per heavy atom. The van der Waals surface area contributed by atoms with Crippen LogP contribution >= 0.6 is 11.6 Å².